The SMILES string of the molecule is CC1(C)CC(O)(C#C/C(CO[Si](C)(C)C(C)(C)C)=C(/C#CC2(O)CC(C)(C)N([O])C(C)(C)C2)CO[Si](C)(C)C(C)(C)C)CC(C)(C)N1[O]. The van der Waals surface area contributed by atoms with Crippen molar-refractivity contribution < 1.29 is 29.5 Å². The fraction of sp³-hybridized carbons (Fsp3) is 0.842. The summed E-state index contributed by atoms with van der Waals surface area (Å²) in [6.07, 6.45) is 0.752. The van der Waals surface area contributed by atoms with E-state index in [9.17, 15) is 20.6 Å². The average molecular weight is 705 g/mol. The molecule has 8 nitrogen and oxygen atoms in total. The summed E-state index contributed by atoms with van der Waals surface area (Å²) in [6.45, 7) is 36.9. The molecule has 0 spiro atoms. The monoisotopic (exact) mass is 704 g/mol. The second-order valence-corrected chi connectivity index (χ2v) is 29.8. The summed E-state index contributed by atoms with van der Waals surface area (Å²) < 4.78 is 13.4. The lowest BCUT2D eigenvalue weighted by Crippen LogP contribution is -2.63. The first kappa shape index (κ1) is 43.1. The molecule has 10 heteroatoms. The predicted molar refractivity (Wildman–Crippen MR) is 199 cm³/mol. The van der Waals surface area contributed by atoms with Crippen molar-refractivity contribution >= 4 is 16.6 Å². The lowest BCUT2D eigenvalue weighted by molar-refractivity contribution is -0.305. The molecule has 0 aliphatic carbocycles. The molecule has 0 amide bonds. The summed E-state index contributed by atoms with van der Waals surface area (Å²) in [5.74, 6) is 13.0. The standard InChI is InChI=1S/C38H68N2O6Si2/c1-31(2,3)47(15,16)45-23-29(19-21-37(41)25-33(7,8)39(43)34(9,10)26-37)30(24-46-48(17,18)32(4,5)6)20-22-38(42)27-35(11,12)40(44)36(13,14)28-38/h41-42H,23-28H2,1-18H3/b30-29+. The van der Waals surface area contributed by atoms with Gasteiger partial charge in [-0.1, -0.05) is 65.2 Å². The highest BCUT2D eigenvalue weighted by atomic mass is 28.4. The number of aliphatic hydroxyl groups is 2. The van der Waals surface area contributed by atoms with Crippen molar-refractivity contribution in [3.05, 3.63) is 11.1 Å². The van der Waals surface area contributed by atoms with Crippen LogP contribution in [0.3, 0.4) is 0 Å². The van der Waals surface area contributed by atoms with E-state index in [0.29, 0.717) is 11.1 Å². The molecule has 0 bridgehead atoms. The van der Waals surface area contributed by atoms with Crippen LogP contribution in [0.2, 0.25) is 36.3 Å². The first-order chi connectivity index (χ1) is 21.0. The van der Waals surface area contributed by atoms with Gasteiger partial charge in [-0.2, -0.15) is 0 Å². The van der Waals surface area contributed by atoms with Crippen LogP contribution in [-0.2, 0) is 19.3 Å². The maximum absolute atomic E-state index is 13.1. The first-order valence-electron chi connectivity index (χ1n) is 17.5. The van der Waals surface area contributed by atoms with Gasteiger partial charge in [-0.05, 0) is 91.7 Å². The number of piperidine rings is 2. The van der Waals surface area contributed by atoms with Gasteiger partial charge < -0.3 is 19.1 Å². The van der Waals surface area contributed by atoms with Gasteiger partial charge >= 0.3 is 0 Å². The normalized spacial score (nSPS) is 24.5. The molecule has 0 atom stereocenters. The number of rotatable bonds is 6. The van der Waals surface area contributed by atoms with E-state index < -0.39 is 50.0 Å². The molecule has 2 aliphatic heterocycles. The van der Waals surface area contributed by atoms with Crippen molar-refractivity contribution in [3.63, 3.8) is 0 Å². The molecular weight excluding hydrogens is 637 g/mol. The van der Waals surface area contributed by atoms with Crippen molar-refractivity contribution in [1.29, 1.82) is 0 Å². The van der Waals surface area contributed by atoms with Gasteiger partial charge in [0.15, 0.2) is 16.6 Å². The summed E-state index contributed by atoms with van der Waals surface area (Å²) in [5.41, 5.74) is -4.91. The Morgan fingerprint density at radius 2 is 0.812 bits per heavy atom. The maximum Gasteiger partial charge on any atom is 0.192 e. The fourth-order valence-electron chi connectivity index (χ4n) is 6.81. The third kappa shape index (κ3) is 10.1. The van der Waals surface area contributed by atoms with Crippen LogP contribution in [0.5, 0.6) is 0 Å². The van der Waals surface area contributed by atoms with Gasteiger partial charge in [0, 0.05) is 59.0 Å². The summed E-state index contributed by atoms with van der Waals surface area (Å²) in [7, 11) is -4.49. The van der Waals surface area contributed by atoms with Gasteiger partial charge in [0.2, 0.25) is 0 Å². The molecule has 2 saturated heterocycles. The van der Waals surface area contributed by atoms with E-state index in [2.05, 4.69) is 91.4 Å². The zero-order valence-electron chi connectivity index (χ0n) is 33.7. The molecule has 0 unspecified atom stereocenters. The Balaban J connectivity index is 2.84. The molecule has 274 valence electrons. The summed E-state index contributed by atoms with van der Waals surface area (Å²) in [4.78, 5) is 0. The van der Waals surface area contributed by atoms with Gasteiger partial charge in [0.05, 0.1) is 13.2 Å². The fourth-order valence-corrected chi connectivity index (χ4v) is 8.69. The molecule has 48 heavy (non-hydrogen) atoms. The van der Waals surface area contributed by atoms with Crippen LogP contribution in [0.25, 0.3) is 0 Å². The Hall–Kier alpha value is -1.03. The molecule has 2 N–H and O–H groups in total. The Morgan fingerprint density at radius 1 is 0.583 bits per heavy atom. The van der Waals surface area contributed by atoms with Gasteiger partial charge in [-0.3, -0.25) is 0 Å². The van der Waals surface area contributed by atoms with Crippen molar-refractivity contribution in [2.45, 2.75) is 192 Å². The minimum atomic E-state index is -2.24. The van der Waals surface area contributed by atoms with Crippen LogP contribution in [0, 0.1) is 23.7 Å². The van der Waals surface area contributed by atoms with E-state index >= 15 is 0 Å². The molecule has 2 radical (unpaired) electrons. The topological polar surface area (TPSA) is 105 Å². The number of nitrogens with zero attached hydrogens (tertiary/aromatic N) is 2. The molecule has 2 fully saturated rings. The smallest absolute Gasteiger partial charge is 0.192 e. The molecular formula is C38H68N2O6Si2. The first-order valence-corrected chi connectivity index (χ1v) is 23.3. The van der Waals surface area contributed by atoms with E-state index in [0.717, 1.165) is 10.1 Å². The predicted octanol–water partition coefficient (Wildman–Crippen LogP) is 7.79. The average Bonchev–Trinajstić information content (AvgIpc) is 2.84. The Bertz CT molecular complexity index is 1210. The molecule has 2 rings (SSSR count). The van der Waals surface area contributed by atoms with E-state index in [1.807, 2.05) is 55.4 Å². The van der Waals surface area contributed by atoms with Crippen molar-refractivity contribution in [1.82, 2.24) is 10.1 Å². The summed E-state index contributed by atoms with van der Waals surface area (Å²) >= 11 is 0. The zero-order chi connectivity index (χ0) is 37.8. The van der Waals surface area contributed by atoms with Gasteiger partial charge in [0.25, 0.3) is 0 Å². The molecule has 2 heterocycles. The van der Waals surface area contributed by atoms with Crippen LogP contribution in [0.1, 0.15) is 123 Å². The van der Waals surface area contributed by atoms with Crippen LogP contribution >= 0.6 is 0 Å². The lowest BCUT2D eigenvalue weighted by atomic mass is 9.72. The van der Waals surface area contributed by atoms with Crippen LogP contribution in [0.4, 0.5) is 0 Å². The third-order valence-electron chi connectivity index (χ3n) is 11.1. The van der Waals surface area contributed by atoms with Crippen molar-refractivity contribution in [3.8, 4) is 23.7 Å². The van der Waals surface area contributed by atoms with E-state index in [1.165, 1.54) is 0 Å². The zero-order valence-corrected chi connectivity index (χ0v) is 35.7. The Kier molecular flexibility index (Phi) is 12.1. The molecule has 0 aromatic carbocycles. The maximum atomic E-state index is 13.1. The highest BCUT2D eigenvalue weighted by molar-refractivity contribution is 6.74. The molecule has 0 saturated carbocycles. The van der Waals surface area contributed by atoms with Gasteiger partial charge in [-0.25, -0.2) is 0 Å². The van der Waals surface area contributed by atoms with E-state index in [1.54, 1.807) is 0 Å². The number of hydroxylamine groups is 4. The molecule has 0 aromatic rings. The third-order valence-corrected chi connectivity index (χ3v) is 20.1. The minimum Gasteiger partial charge on any atom is -0.412 e. The van der Waals surface area contributed by atoms with E-state index in [-0.39, 0.29) is 49.0 Å². The summed E-state index contributed by atoms with van der Waals surface area (Å²) in [6, 6.07) is 0. The number of hydrogen-bond acceptors (Lipinski definition) is 6. The molecule has 2 aliphatic rings. The van der Waals surface area contributed by atoms with Crippen LogP contribution in [-0.4, -0.2) is 83.5 Å². The van der Waals surface area contributed by atoms with E-state index in [4.69, 9.17) is 8.85 Å². The van der Waals surface area contributed by atoms with Crippen molar-refractivity contribution in [2.24, 2.45) is 0 Å². The lowest BCUT2D eigenvalue weighted by Gasteiger charge is -2.51. The largest absolute Gasteiger partial charge is 0.412 e. The van der Waals surface area contributed by atoms with Crippen LogP contribution in [0.15, 0.2) is 11.1 Å². The number of hydrogen-bond donors (Lipinski definition) is 2. The van der Waals surface area contributed by atoms with Gasteiger partial charge in [-0.15, -0.1) is 20.5 Å². The van der Waals surface area contributed by atoms with Crippen LogP contribution < -0.4 is 0 Å². The molecule has 0 aromatic heterocycles. The Morgan fingerprint density at radius 3 is 1.02 bits per heavy atom. The highest BCUT2D eigenvalue weighted by Crippen LogP contribution is 2.44. The van der Waals surface area contributed by atoms with Crippen molar-refractivity contribution in [2.75, 3.05) is 13.2 Å². The highest BCUT2D eigenvalue weighted by Gasteiger charge is 2.53. The quantitative estimate of drug-likeness (QED) is 0.216. The Labute approximate surface area is 295 Å². The van der Waals surface area contributed by atoms with Gasteiger partial charge in [0.1, 0.15) is 11.2 Å². The second-order valence-electron chi connectivity index (χ2n) is 20.2. The second kappa shape index (κ2) is 13.5. The summed E-state index contributed by atoms with van der Waals surface area (Å²) in [5, 5.41) is 52.1. The minimum absolute atomic E-state index is 0.0547.